The van der Waals surface area contributed by atoms with Crippen LogP contribution in [0, 0.1) is 115 Å². The van der Waals surface area contributed by atoms with Crippen LogP contribution in [0.4, 0.5) is 9.59 Å². The van der Waals surface area contributed by atoms with E-state index in [9.17, 15) is 48.3 Å². The Bertz CT molecular complexity index is 4670. The van der Waals surface area contributed by atoms with Gasteiger partial charge in [0.1, 0.15) is 12.2 Å². The molecule has 2 heterocycles. The summed E-state index contributed by atoms with van der Waals surface area (Å²) in [6.07, 6.45) is 16.9. The van der Waals surface area contributed by atoms with Crippen molar-refractivity contribution in [3.8, 4) is 0 Å². The number of aryl methyl sites for hydroxylation is 2. The number of carboxylic acids is 1. The number of benzene rings is 2. The number of aliphatic carboxylic acids is 1. The number of halogens is 2. The Hall–Kier alpha value is -7.72. The average molecular weight is 1640 g/mol. The number of fused-ring (bicyclic) bond motifs is 14. The second-order valence-electron chi connectivity index (χ2n) is 39.8. The Labute approximate surface area is 689 Å². The number of rotatable bonds is 15. The molecule has 10 fully saturated rings. The number of ketones is 2. The van der Waals surface area contributed by atoms with Crippen molar-refractivity contribution in [1.29, 1.82) is 0 Å². The van der Waals surface area contributed by atoms with Crippen LogP contribution >= 0.6 is 23.2 Å². The molecular formula is C92H118Cl2N2O20. The molecule has 24 heteroatoms. The SMILES string of the molecule is Cc1oc(=O)oc1COC(=O)N[C@]1(C)[C@@H](OC(=O)C2CC2)CC[C@@]2(C)[C@H]1CC[C@]1(C)[C@@H]2C(=O)C=C2[C@@H]3C[C@@](C)(C(=O)O)CC[C@]3(C)CC[C@]21C.Cc1oc(=O)oc1COC(=O)N[C@]1(C)[C@@H](OC(=O)C2CC2)CC[C@@]2(C)[C@H]1CC[C@]1(C)[C@@H]2C(=O)C=C2[C@@H]3C[C@@](C)(C(=O)OC(c4ccccc4)c4ccccc4)CC[C@]3(C)CC[C@]21C.ClCCl. The highest BCUT2D eigenvalue weighted by molar-refractivity contribution is 6.40. The highest BCUT2D eigenvalue weighted by Gasteiger charge is 2.74. The summed E-state index contributed by atoms with van der Waals surface area (Å²) < 4.78 is 50.1. The van der Waals surface area contributed by atoms with Gasteiger partial charge in [-0.3, -0.25) is 28.8 Å². The van der Waals surface area contributed by atoms with Crippen molar-refractivity contribution < 1.29 is 84.8 Å². The molecule has 3 N–H and O–H groups in total. The van der Waals surface area contributed by atoms with Crippen LogP contribution in [0.2, 0.25) is 0 Å². The van der Waals surface area contributed by atoms with E-state index in [1.54, 1.807) is 13.8 Å². The Morgan fingerprint density at radius 1 is 0.483 bits per heavy atom. The number of carbonyl (C=O) groups is 8. The molecule has 630 valence electrons. The number of amides is 2. The van der Waals surface area contributed by atoms with E-state index < -0.39 is 91.7 Å². The third kappa shape index (κ3) is 14.4. The van der Waals surface area contributed by atoms with Gasteiger partial charge in [0.15, 0.2) is 53.9 Å². The van der Waals surface area contributed by atoms with Crippen molar-refractivity contribution in [1.82, 2.24) is 10.6 Å². The van der Waals surface area contributed by atoms with Gasteiger partial charge in [-0.15, -0.1) is 23.2 Å². The smallest absolute Gasteiger partial charge is 0.481 e. The van der Waals surface area contributed by atoms with Gasteiger partial charge in [-0.1, -0.05) is 127 Å². The quantitative estimate of drug-likeness (QED) is 0.0565. The highest BCUT2D eigenvalue weighted by Crippen LogP contribution is 2.77. The number of nitrogens with one attached hydrogen (secondary N) is 2. The maximum absolute atomic E-state index is 15.3. The van der Waals surface area contributed by atoms with Gasteiger partial charge < -0.3 is 57.1 Å². The monoisotopic (exact) mass is 1640 g/mol. The topological polar surface area (TPSA) is 314 Å². The van der Waals surface area contributed by atoms with Crippen LogP contribution in [-0.2, 0) is 65.7 Å². The average Bonchev–Trinajstić information content (AvgIpc) is 1.36. The zero-order valence-corrected chi connectivity index (χ0v) is 71.4. The Balaban J connectivity index is 0.000000190. The Kier molecular flexibility index (Phi) is 22.3. The van der Waals surface area contributed by atoms with E-state index in [2.05, 4.69) is 72.9 Å². The molecule has 2 amide bonds. The standard InChI is InChI=1S/C52H63NO10.C39H53NO10.CH2Cl2/c1-31-38(61-46(58)60-31)30-59-45(57)53-52(7)39-20-23-51(6)42(49(39,4)22-21-40(52)62-43(55)34-18-19-34)37(54)28-35-36-29-48(3,25-24-47(36,2)26-27-50(35,51)5)44(56)63-41(32-14-10-8-11-15-32)33-16-12-9-13-17-33;1-21-26(49-33(46)48-21)20-47-32(45)40-39(7)27-10-13-38(6)29(36(27,4)12-11-28(39)50-30(42)22-8-9-22)25(41)18-23-24-19-35(3,31(43)44)15-14-34(24,2)16-17-37(23,38)5;2-1-3/h8-17,28,34,36,39-42H,18-27,29-30H2,1-7H3,(H,53,57);18,22,24,27-29H,8-17,19-20H2,1-7H3,(H,40,45)(H,43,44);1H2/t36-,39+,40-,42+,47+,48-,49-,50+,51+,52-;24-,27+,28-,29+,34+,35-,36-,37+,38+,39-;/m00./s1. The molecule has 0 spiro atoms. The normalized spacial score (nSPS) is 39.1. The fourth-order valence-corrected chi connectivity index (χ4v) is 25.5. The van der Waals surface area contributed by atoms with E-state index in [-0.39, 0.29) is 140 Å². The number of hydrogen-bond donors (Lipinski definition) is 3. The minimum atomic E-state index is -1.07. The van der Waals surface area contributed by atoms with E-state index in [0.29, 0.717) is 64.2 Å². The molecule has 0 aliphatic heterocycles. The maximum atomic E-state index is 15.3. The van der Waals surface area contributed by atoms with E-state index in [1.807, 2.05) is 93.6 Å². The molecule has 2 aromatic heterocycles. The summed E-state index contributed by atoms with van der Waals surface area (Å²) >= 11 is 9.53. The summed E-state index contributed by atoms with van der Waals surface area (Å²) in [6, 6.07) is 19.8. The summed E-state index contributed by atoms with van der Waals surface area (Å²) in [4.78, 5) is 134. The molecule has 0 bridgehead atoms. The van der Waals surface area contributed by atoms with Gasteiger partial charge in [0, 0.05) is 11.8 Å². The second-order valence-corrected chi connectivity index (χ2v) is 40.6. The van der Waals surface area contributed by atoms with Crippen molar-refractivity contribution >= 4 is 70.8 Å². The van der Waals surface area contributed by atoms with Crippen molar-refractivity contribution in [2.45, 2.75) is 281 Å². The van der Waals surface area contributed by atoms with Crippen molar-refractivity contribution in [3.05, 3.63) is 139 Å². The third-order valence-corrected chi connectivity index (χ3v) is 33.2. The third-order valence-electron chi connectivity index (χ3n) is 33.2. The Morgan fingerprint density at radius 2 is 0.853 bits per heavy atom. The number of ether oxygens (including phenoxy) is 5. The van der Waals surface area contributed by atoms with Gasteiger partial charge in [-0.2, -0.15) is 0 Å². The largest absolute Gasteiger partial charge is 0.519 e. The molecule has 0 radical (unpaired) electrons. The summed E-state index contributed by atoms with van der Waals surface area (Å²) in [7, 11) is 0. The first kappa shape index (κ1) is 84.7. The molecule has 10 saturated carbocycles. The van der Waals surface area contributed by atoms with Crippen LogP contribution in [0.1, 0.15) is 265 Å². The number of carboxylic acid groups (broad SMARTS) is 1. The first-order chi connectivity index (χ1) is 54.5. The molecule has 116 heavy (non-hydrogen) atoms. The fraction of sp³-hybridized carbons (Fsp3) is 0.674. The van der Waals surface area contributed by atoms with Crippen LogP contribution in [0.3, 0.4) is 0 Å². The molecule has 20 atom stereocenters. The van der Waals surface area contributed by atoms with Gasteiger partial charge in [0.2, 0.25) is 0 Å². The molecule has 0 unspecified atom stereocenters. The predicted octanol–water partition coefficient (Wildman–Crippen LogP) is 18.4. The van der Waals surface area contributed by atoms with Crippen LogP contribution in [0.25, 0.3) is 0 Å². The Morgan fingerprint density at radius 3 is 1.22 bits per heavy atom. The number of esters is 3. The van der Waals surface area contributed by atoms with Gasteiger partial charge in [-0.25, -0.2) is 19.2 Å². The van der Waals surface area contributed by atoms with Gasteiger partial charge in [0.25, 0.3) is 0 Å². The molecule has 12 aliphatic rings. The van der Waals surface area contributed by atoms with E-state index in [1.165, 1.54) is 5.57 Å². The molecule has 2 aromatic carbocycles. The molecule has 22 nitrogen and oxygen atoms in total. The first-order valence-corrected chi connectivity index (χ1v) is 43.3. The minimum Gasteiger partial charge on any atom is -0.481 e. The lowest BCUT2D eigenvalue weighted by molar-refractivity contribution is -0.201. The van der Waals surface area contributed by atoms with Crippen LogP contribution in [-0.4, -0.2) is 81.4 Å². The molecular weight excluding hydrogens is 1520 g/mol. The molecule has 12 aliphatic carbocycles. The number of carbonyl (C=O) groups excluding carboxylic acids is 7. The number of hydrogen-bond acceptors (Lipinski definition) is 19. The van der Waals surface area contributed by atoms with E-state index in [0.717, 1.165) is 93.7 Å². The summed E-state index contributed by atoms with van der Waals surface area (Å²) in [5.41, 5.74) is -2.20. The highest BCUT2D eigenvalue weighted by atomic mass is 35.5. The predicted molar refractivity (Wildman–Crippen MR) is 429 cm³/mol. The van der Waals surface area contributed by atoms with E-state index in [4.69, 9.17) is 64.6 Å². The number of alkyl halides is 2. The first-order valence-electron chi connectivity index (χ1n) is 42.2. The summed E-state index contributed by atoms with van der Waals surface area (Å²) in [5.74, 6) is -3.73. The fourth-order valence-electron chi connectivity index (χ4n) is 25.5. The zero-order valence-electron chi connectivity index (χ0n) is 69.9. The van der Waals surface area contributed by atoms with E-state index >= 15 is 4.79 Å². The van der Waals surface area contributed by atoms with Crippen LogP contribution in [0.5, 0.6) is 0 Å². The molecule has 16 rings (SSSR count). The lowest BCUT2D eigenvalue weighted by atomic mass is 9.34. The van der Waals surface area contributed by atoms with Crippen molar-refractivity contribution in [2.24, 2.45) is 101 Å². The summed E-state index contributed by atoms with van der Waals surface area (Å²) in [6.45, 7) is 28.6. The minimum absolute atomic E-state index is 0.0178. The number of allylic oxidation sites excluding steroid dienone is 4. The summed E-state index contributed by atoms with van der Waals surface area (Å²) in [5, 5.41) is 16.7. The van der Waals surface area contributed by atoms with Crippen molar-refractivity contribution in [2.75, 3.05) is 5.34 Å². The van der Waals surface area contributed by atoms with Crippen LogP contribution in [0.15, 0.2) is 111 Å². The van der Waals surface area contributed by atoms with Gasteiger partial charge >= 0.3 is 47.7 Å². The lowest BCUT2D eigenvalue weighted by Gasteiger charge is -2.70. The van der Waals surface area contributed by atoms with Crippen molar-refractivity contribution in [3.63, 3.8) is 0 Å². The van der Waals surface area contributed by atoms with Gasteiger partial charge in [0.05, 0.1) is 39.1 Å². The lowest BCUT2D eigenvalue weighted by Crippen LogP contribution is -2.72. The molecule has 0 saturated heterocycles. The van der Waals surface area contributed by atoms with Crippen LogP contribution < -0.4 is 22.3 Å². The zero-order chi connectivity index (χ0) is 83.7. The molecule has 4 aromatic rings. The second kappa shape index (κ2) is 30.5. The van der Waals surface area contributed by atoms with Gasteiger partial charge in [-0.05, 0) is 273 Å². The maximum Gasteiger partial charge on any atom is 0.519 e. The number of alkyl carbamates (subject to hydrolysis) is 2.